The average molecular weight is 333 g/mol. The van der Waals surface area contributed by atoms with Crippen molar-refractivity contribution in [2.24, 2.45) is 5.41 Å². The van der Waals surface area contributed by atoms with Crippen LogP contribution in [0.4, 0.5) is 5.69 Å². The largest absolute Gasteiger partial charge is 0.492 e. The molecule has 0 bridgehead atoms. The molecular formula is C18H27N3O3. The zero-order valence-corrected chi connectivity index (χ0v) is 14.7. The lowest BCUT2D eigenvalue weighted by molar-refractivity contribution is -0.134. The molecule has 1 saturated carbocycles. The predicted molar refractivity (Wildman–Crippen MR) is 94.1 cm³/mol. The fraction of sp³-hybridized carbons (Fsp3) is 0.556. The molecule has 1 fully saturated rings. The van der Waals surface area contributed by atoms with Gasteiger partial charge in [-0.25, -0.2) is 0 Å². The molecule has 132 valence electrons. The number of amides is 2. The fourth-order valence-corrected chi connectivity index (χ4v) is 2.54. The molecule has 6 heteroatoms. The molecule has 2 N–H and O–H groups in total. The molecule has 0 spiro atoms. The van der Waals surface area contributed by atoms with Crippen LogP contribution in [0.25, 0.3) is 0 Å². The van der Waals surface area contributed by atoms with E-state index in [0.29, 0.717) is 37.4 Å². The summed E-state index contributed by atoms with van der Waals surface area (Å²) in [6.45, 7) is 3.90. The van der Waals surface area contributed by atoms with Gasteiger partial charge < -0.3 is 20.3 Å². The number of nitrogens with one attached hydrogen (secondary N) is 2. The van der Waals surface area contributed by atoms with E-state index in [2.05, 4.69) is 15.5 Å². The van der Waals surface area contributed by atoms with E-state index in [1.54, 1.807) is 12.1 Å². The minimum Gasteiger partial charge on any atom is -0.492 e. The van der Waals surface area contributed by atoms with Crippen molar-refractivity contribution in [2.75, 3.05) is 39.1 Å². The van der Waals surface area contributed by atoms with Crippen LogP contribution in [-0.4, -0.2) is 50.5 Å². The Morgan fingerprint density at radius 2 is 1.92 bits per heavy atom. The first-order valence-electron chi connectivity index (χ1n) is 8.46. The van der Waals surface area contributed by atoms with Crippen molar-refractivity contribution in [3.63, 3.8) is 0 Å². The second-order valence-electron chi connectivity index (χ2n) is 6.38. The smallest absolute Gasteiger partial charge is 0.240 e. The standard InChI is InChI=1S/C18H27N3O3/c1-4-24-15-9-6-5-8-14(15)20-17(23)18(10-11-18)16(22)19-12-7-13-21(2)3/h5-6,8-9H,4,7,10-13H2,1-3H3,(H,19,22)(H,20,23). The lowest BCUT2D eigenvalue weighted by Gasteiger charge is -2.17. The van der Waals surface area contributed by atoms with Gasteiger partial charge in [0.1, 0.15) is 11.2 Å². The Balaban J connectivity index is 1.93. The minimum absolute atomic E-state index is 0.173. The summed E-state index contributed by atoms with van der Waals surface area (Å²) in [6, 6.07) is 7.28. The third-order valence-corrected chi connectivity index (χ3v) is 4.12. The Bertz CT molecular complexity index is 583. The van der Waals surface area contributed by atoms with Crippen LogP contribution in [0.3, 0.4) is 0 Å². The SMILES string of the molecule is CCOc1ccccc1NC(=O)C1(C(=O)NCCCN(C)C)CC1. The van der Waals surface area contributed by atoms with E-state index >= 15 is 0 Å². The summed E-state index contributed by atoms with van der Waals surface area (Å²) >= 11 is 0. The number of hydrogen-bond donors (Lipinski definition) is 2. The van der Waals surface area contributed by atoms with Crippen LogP contribution in [-0.2, 0) is 9.59 Å². The first-order valence-corrected chi connectivity index (χ1v) is 8.46. The van der Waals surface area contributed by atoms with Gasteiger partial charge in [-0.3, -0.25) is 9.59 Å². The summed E-state index contributed by atoms with van der Waals surface area (Å²) in [5, 5.41) is 5.74. The van der Waals surface area contributed by atoms with Crippen molar-refractivity contribution in [1.82, 2.24) is 10.2 Å². The van der Waals surface area contributed by atoms with Gasteiger partial charge in [0.15, 0.2) is 0 Å². The molecule has 0 heterocycles. The van der Waals surface area contributed by atoms with Crippen LogP contribution >= 0.6 is 0 Å². The molecule has 0 aliphatic heterocycles. The molecule has 0 atom stereocenters. The van der Waals surface area contributed by atoms with Crippen LogP contribution in [0.2, 0.25) is 0 Å². The highest BCUT2D eigenvalue weighted by atomic mass is 16.5. The van der Waals surface area contributed by atoms with E-state index in [0.717, 1.165) is 13.0 Å². The Labute approximate surface area is 143 Å². The number of ether oxygens (including phenoxy) is 1. The number of benzene rings is 1. The first-order chi connectivity index (χ1) is 11.5. The number of hydrogen-bond acceptors (Lipinski definition) is 4. The van der Waals surface area contributed by atoms with Gasteiger partial charge >= 0.3 is 0 Å². The average Bonchev–Trinajstić information content (AvgIpc) is 3.35. The molecule has 0 unspecified atom stereocenters. The second-order valence-corrected chi connectivity index (χ2v) is 6.38. The van der Waals surface area contributed by atoms with Crippen LogP contribution in [0.5, 0.6) is 5.75 Å². The summed E-state index contributed by atoms with van der Waals surface area (Å²) < 4.78 is 5.51. The molecule has 1 aliphatic rings. The first kappa shape index (κ1) is 18.3. The summed E-state index contributed by atoms with van der Waals surface area (Å²) in [6.07, 6.45) is 2.05. The number of rotatable bonds is 9. The maximum atomic E-state index is 12.6. The molecular weight excluding hydrogens is 306 g/mol. The number of anilines is 1. The predicted octanol–water partition coefficient (Wildman–Crippen LogP) is 1.87. The summed E-state index contributed by atoms with van der Waals surface area (Å²) in [4.78, 5) is 27.1. The molecule has 0 radical (unpaired) electrons. The number of carbonyl (C=O) groups is 2. The Morgan fingerprint density at radius 3 is 2.54 bits per heavy atom. The van der Waals surface area contributed by atoms with E-state index in [9.17, 15) is 9.59 Å². The van der Waals surface area contributed by atoms with Crippen molar-refractivity contribution in [2.45, 2.75) is 26.2 Å². The van der Waals surface area contributed by atoms with Gasteiger partial charge in [0.25, 0.3) is 0 Å². The van der Waals surface area contributed by atoms with Gasteiger partial charge in [0.05, 0.1) is 12.3 Å². The van der Waals surface area contributed by atoms with E-state index in [1.807, 2.05) is 33.2 Å². The van der Waals surface area contributed by atoms with Crippen molar-refractivity contribution in [3.05, 3.63) is 24.3 Å². The lowest BCUT2D eigenvalue weighted by atomic mass is 10.0. The molecule has 1 aromatic rings. The van der Waals surface area contributed by atoms with Gasteiger partial charge in [-0.05, 0) is 59.0 Å². The third kappa shape index (κ3) is 4.47. The Morgan fingerprint density at radius 1 is 1.21 bits per heavy atom. The van der Waals surface area contributed by atoms with Gasteiger partial charge in [-0.1, -0.05) is 12.1 Å². The highest BCUT2D eigenvalue weighted by Crippen LogP contribution is 2.47. The molecule has 6 nitrogen and oxygen atoms in total. The number of nitrogens with zero attached hydrogens (tertiary/aromatic N) is 1. The third-order valence-electron chi connectivity index (χ3n) is 4.12. The molecule has 0 saturated heterocycles. The summed E-state index contributed by atoms with van der Waals surface area (Å²) in [5.74, 6) is 0.197. The van der Waals surface area contributed by atoms with Crippen LogP contribution in [0.15, 0.2) is 24.3 Å². The lowest BCUT2D eigenvalue weighted by Crippen LogP contribution is -2.40. The number of para-hydroxylation sites is 2. The van der Waals surface area contributed by atoms with Crippen molar-refractivity contribution >= 4 is 17.5 Å². The highest BCUT2D eigenvalue weighted by Gasteiger charge is 2.56. The van der Waals surface area contributed by atoms with E-state index in [4.69, 9.17) is 4.74 Å². The van der Waals surface area contributed by atoms with E-state index < -0.39 is 5.41 Å². The quantitative estimate of drug-likeness (QED) is 0.535. The van der Waals surface area contributed by atoms with E-state index in [-0.39, 0.29) is 11.8 Å². The van der Waals surface area contributed by atoms with Crippen LogP contribution in [0, 0.1) is 5.41 Å². The maximum absolute atomic E-state index is 12.6. The Hall–Kier alpha value is -2.08. The fourth-order valence-electron chi connectivity index (χ4n) is 2.54. The Kier molecular flexibility index (Phi) is 6.20. The highest BCUT2D eigenvalue weighted by molar-refractivity contribution is 6.13. The normalized spacial score (nSPS) is 15.0. The van der Waals surface area contributed by atoms with Gasteiger partial charge in [0, 0.05) is 6.54 Å². The number of carbonyl (C=O) groups excluding carboxylic acids is 2. The topological polar surface area (TPSA) is 70.7 Å². The molecule has 2 rings (SSSR count). The van der Waals surface area contributed by atoms with Crippen LogP contribution < -0.4 is 15.4 Å². The molecule has 24 heavy (non-hydrogen) atoms. The second kappa shape index (κ2) is 8.15. The van der Waals surface area contributed by atoms with Crippen molar-refractivity contribution in [1.29, 1.82) is 0 Å². The molecule has 1 aromatic carbocycles. The van der Waals surface area contributed by atoms with Crippen molar-refractivity contribution < 1.29 is 14.3 Å². The molecule has 1 aliphatic carbocycles. The monoisotopic (exact) mass is 333 g/mol. The van der Waals surface area contributed by atoms with Gasteiger partial charge in [0.2, 0.25) is 11.8 Å². The molecule has 0 aromatic heterocycles. The summed E-state index contributed by atoms with van der Waals surface area (Å²) in [7, 11) is 3.99. The van der Waals surface area contributed by atoms with Gasteiger partial charge in [-0.2, -0.15) is 0 Å². The van der Waals surface area contributed by atoms with Crippen LogP contribution in [0.1, 0.15) is 26.2 Å². The zero-order valence-electron chi connectivity index (χ0n) is 14.7. The maximum Gasteiger partial charge on any atom is 0.240 e. The molecule has 2 amide bonds. The van der Waals surface area contributed by atoms with Gasteiger partial charge in [-0.15, -0.1) is 0 Å². The van der Waals surface area contributed by atoms with Crippen molar-refractivity contribution in [3.8, 4) is 5.75 Å². The zero-order chi connectivity index (χ0) is 17.6. The minimum atomic E-state index is -0.919. The van der Waals surface area contributed by atoms with E-state index in [1.165, 1.54) is 0 Å². The summed E-state index contributed by atoms with van der Waals surface area (Å²) in [5.41, 5.74) is -0.312.